The first-order valence-corrected chi connectivity index (χ1v) is 10.3. The zero-order valence-electron chi connectivity index (χ0n) is 18.3. The molecule has 0 aliphatic rings. The monoisotopic (exact) mass is 378 g/mol. The van der Waals surface area contributed by atoms with Gasteiger partial charge in [-0.15, -0.1) is 0 Å². The molecule has 0 fully saturated rings. The lowest BCUT2D eigenvalue weighted by Gasteiger charge is -2.23. The number of unbranched alkanes of at least 4 members (excludes halogenated alkanes) is 5. The molecule has 0 N–H and O–H groups in total. The predicted molar refractivity (Wildman–Crippen MR) is 115 cm³/mol. The van der Waals surface area contributed by atoms with E-state index in [-0.39, 0.29) is 0 Å². The highest BCUT2D eigenvalue weighted by Crippen LogP contribution is 2.39. The van der Waals surface area contributed by atoms with E-state index < -0.39 is 0 Å². The number of methoxy groups -OCH3 is 2. The minimum atomic E-state index is 0.689. The Morgan fingerprint density at radius 3 is 2.11 bits per heavy atom. The van der Waals surface area contributed by atoms with Crippen LogP contribution in [0.25, 0.3) is 6.08 Å². The lowest BCUT2D eigenvalue weighted by molar-refractivity contribution is -0.870. The highest BCUT2D eigenvalue weighted by molar-refractivity contribution is 5.62. The molecule has 0 radical (unpaired) electrons. The molecule has 0 unspecified atom stereocenters. The molecule has 1 aromatic carbocycles. The number of allylic oxidation sites excluding steroid dienone is 1. The predicted octanol–water partition coefficient (Wildman–Crippen LogP) is 5.55. The van der Waals surface area contributed by atoms with E-state index in [9.17, 15) is 0 Å². The maximum Gasteiger partial charge on any atom is 0.203 e. The molecule has 0 saturated heterocycles. The second-order valence-corrected chi connectivity index (χ2v) is 8.08. The topological polar surface area (TPSA) is 27.7 Å². The second kappa shape index (κ2) is 12.7. The third-order valence-corrected chi connectivity index (χ3v) is 4.49. The molecule has 0 aliphatic heterocycles. The van der Waals surface area contributed by atoms with Crippen LogP contribution in [-0.2, 0) is 0 Å². The van der Waals surface area contributed by atoms with E-state index in [1.807, 2.05) is 12.1 Å². The molecule has 0 saturated carbocycles. The molecule has 0 bridgehead atoms. The van der Waals surface area contributed by atoms with Crippen LogP contribution in [-0.4, -0.2) is 53.0 Å². The average Bonchev–Trinajstić information content (AvgIpc) is 2.63. The van der Waals surface area contributed by atoms with Crippen LogP contribution in [0.15, 0.2) is 18.2 Å². The fourth-order valence-electron chi connectivity index (χ4n) is 2.91. The zero-order valence-corrected chi connectivity index (χ0v) is 18.3. The minimum Gasteiger partial charge on any atom is -0.493 e. The number of benzene rings is 1. The van der Waals surface area contributed by atoms with Crippen LogP contribution in [0.1, 0.15) is 57.4 Å². The molecule has 0 aliphatic carbocycles. The first-order valence-electron chi connectivity index (χ1n) is 10.3. The van der Waals surface area contributed by atoms with Crippen LogP contribution in [0.2, 0.25) is 0 Å². The Kier molecular flexibility index (Phi) is 11.0. The summed E-state index contributed by atoms with van der Waals surface area (Å²) < 4.78 is 18.1. The van der Waals surface area contributed by atoms with E-state index >= 15 is 0 Å². The molecule has 4 nitrogen and oxygen atoms in total. The number of quaternary nitrogens is 1. The van der Waals surface area contributed by atoms with Crippen LogP contribution in [0.5, 0.6) is 17.2 Å². The van der Waals surface area contributed by atoms with Crippen molar-refractivity contribution in [2.75, 3.05) is 48.5 Å². The summed E-state index contributed by atoms with van der Waals surface area (Å²) >= 11 is 0. The second-order valence-electron chi connectivity index (χ2n) is 8.08. The molecule has 0 amide bonds. The molecular formula is C23H40NO3+. The fraction of sp³-hybridized carbons (Fsp3) is 0.652. The molecule has 0 heterocycles. The van der Waals surface area contributed by atoms with Gasteiger partial charge in [-0.05, 0) is 43.4 Å². The van der Waals surface area contributed by atoms with Crippen molar-refractivity contribution >= 4 is 6.08 Å². The van der Waals surface area contributed by atoms with E-state index in [0.717, 1.165) is 34.4 Å². The van der Waals surface area contributed by atoms with E-state index in [1.165, 1.54) is 38.6 Å². The maximum atomic E-state index is 5.97. The summed E-state index contributed by atoms with van der Waals surface area (Å²) in [6.45, 7) is 4.11. The van der Waals surface area contributed by atoms with Gasteiger partial charge in [-0.1, -0.05) is 38.3 Å². The lowest BCUT2D eigenvalue weighted by Crippen LogP contribution is -2.35. The van der Waals surface area contributed by atoms with Crippen molar-refractivity contribution < 1.29 is 18.7 Å². The average molecular weight is 379 g/mol. The summed E-state index contributed by atoms with van der Waals surface area (Å²) in [5.74, 6) is 2.17. The minimum absolute atomic E-state index is 0.689. The van der Waals surface area contributed by atoms with Gasteiger partial charge in [-0.2, -0.15) is 0 Å². The van der Waals surface area contributed by atoms with Crippen LogP contribution in [0.4, 0.5) is 0 Å². The lowest BCUT2D eigenvalue weighted by atomic mass is 10.1. The van der Waals surface area contributed by atoms with Gasteiger partial charge >= 0.3 is 0 Å². The fourth-order valence-corrected chi connectivity index (χ4v) is 2.91. The number of hydrogen-bond acceptors (Lipinski definition) is 3. The largest absolute Gasteiger partial charge is 0.493 e. The summed E-state index contributed by atoms with van der Waals surface area (Å²) in [6.07, 6.45) is 12.6. The Labute approximate surface area is 166 Å². The van der Waals surface area contributed by atoms with Crippen LogP contribution >= 0.6 is 0 Å². The summed E-state index contributed by atoms with van der Waals surface area (Å²) in [5, 5.41) is 0. The molecule has 4 heteroatoms. The third-order valence-electron chi connectivity index (χ3n) is 4.49. The number of hydrogen-bond donors (Lipinski definition) is 0. The molecule has 27 heavy (non-hydrogen) atoms. The van der Waals surface area contributed by atoms with Crippen LogP contribution in [0, 0.1) is 0 Å². The van der Waals surface area contributed by atoms with Crippen molar-refractivity contribution in [1.29, 1.82) is 0 Å². The zero-order chi connectivity index (χ0) is 20.1. The Morgan fingerprint density at radius 2 is 1.56 bits per heavy atom. The Hall–Kier alpha value is -1.68. The molecule has 0 aromatic heterocycles. The number of rotatable bonds is 14. The Balaban J connectivity index is 2.64. The SMILES string of the molecule is CCCCCCOc1c(OC)cc(/C=C/CCCC[N+](C)(C)C)cc1OC. The third kappa shape index (κ3) is 9.71. The summed E-state index contributed by atoms with van der Waals surface area (Å²) in [7, 11) is 10.1. The first-order chi connectivity index (χ1) is 12.9. The van der Waals surface area contributed by atoms with Gasteiger partial charge < -0.3 is 18.7 Å². The maximum absolute atomic E-state index is 5.97. The standard InChI is InChI=1S/C23H40NO3/c1-7-8-9-14-17-27-23-21(25-5)18-20(19-22(23)26-6)15-12-10-11-13-16-24(2,3)4/h12,15,18-19H,7-11,13-14,16-17H2,1-6H3/q+1/b15-12+. The van der Waals surface area contributed by atoms with Gasteiger partial charge in [-0.3, -0.25) is 0 Å². The van der Waals surface area contributed by atoms with Gasteiger partial charge in [-0.25, -0.2) is 0 Å². The summed E-state index contributed by atoms with van der Waals surface area (Å²) in [4.78, 5) is 0. The highest BCUT2D eigenvalue weighted by atomic mass is 16.5. The normalized spacial score (nSPS) is 11.8. The molecular weight excluding hydrogens is 338 g/mol. The van der Waals surface area contributed by atoms with Crippen LogP contribution < -0.4 is 14.2 Å². The van der Waals surface area contributed by atoms with Crippen molar-refractivity contribution in [3.63, 3.8) is 0 Å². The molecule has 0 atom stereocenters. The molecule has 0 spiro atoms. The van der Waals surface area contributed by atoms with E-state index in [2.05, 4.69) is 40.2 Å². The molecule has 1 aromatic rings. The Bertz CT molecular complexity index is 536. The van der Waals surface area contributed by atoms with Crippen molar-refractivity contribution in [2.45, 2.75) is 51.9 Å². The molecule has 1 rings (SSSR count). The first kappa shape index (κ1) is 23.4. The summed E-state index contributed by atoms with van der Waals surface area (Å²) in [5.41, 5.74) is 1.08. The van der Waals surface area contributed by atoms with Crippen molar-refractivity contribution in [3.8, 4) is 17.2 Å². The van der Waals surface area contributed by atoms with E-state index in [4.69, 9.17) is 14.2 Å². The quantitative estimate of drug-likeness (QED) is 0.314. The van der Waals surface area contributed by atoms with Gasteiger partial charge in [0.2, 0.25) is 5.75 Å². The molecule has 154 valence electrons. The smallest absolute Gasteiger partial charge is 0.203 e. The van der Waals surface area contributed by atoms with Crippen molar-refractivity contribution in [3.05, 3.63) is 23.8 Å². The van der Waals surface area contributed by atoms with E-state index in [0.29, 0.717) is 12.4 Å². The van der Waals surface area contributed by atoms with Gasteiger partial charge in [0.25, 0.3) is 0 Å². The van der Waals surface area contributed by atoms with Crippen molar-refractivity contribution in [2.24, 2.45) is 0 Å². The van der Waals surface area contributed by atoms with Gasteiger partial charge in [0.1, 0.15) is 0 Å². The van der Waals surface area contributed by atoms with Crippen molar-refractivity contribution in [1.82, 2.24) is 0 Å². The number of nitrogens with zero attached hydrogens (tertiary/aromatic N) is 1. The van der Waals surface area contributed by atoms with Gasteiger partial charge in [0, 0.05) is 0 Å². The Morgan fingerprint density at radius 1 is 0.889 bits per heavy atom. The van der Waals surface area contributed by atoms with Crippen LogP contribution in [0.3, 0.4) is 0 Å². The highest BCUT2D eigenvalue weighted by Gasteiger charge is 2.13. The van der Waals surface area contributed by atoms with Gasteiger partial charge in [0.05, 0.1) is 48.5 Å². The summed E-state index contributed by atoms with van der Waals surface area (Å²) in [6, 6.07) is 4.04. The number of ether oxygens (including phenoxy) is 3. The van der Waals surface area contributed by atoms with Gasteiger partial charge in [0.15, 0.2) is 11.5 Å². The van der Waals surface area contributed by atoms with E-state index in [1.54, 1.807) is 14.2 Å².